The third-order valence-electron chi connectivity index (χ3n) is 3.95. The summed E-state index contributed by atoms with van der Waals surface area (Å²) in [7, 11) is 0. The first-order valence-corrected chi connectivity index (χ1v) is 6.52. The first-order chi connectivity index (χ1) is 9.39. The van der Waals surface area contributed by atoms with E-state index in [0.717, 1.165) is 12.5 Å². The van der Waals surface area contributed by atoms with E-state index in [4.69, 9.17) is 5.73 Å². The quantitative estimate of drug-likeness (QED) is 0.893. The smallest absolute Gasteiger partial charge is 0.351 e. The van der Waals surface area contributed by atoms with Crippen molar-refractivity contribution in [1.82, 2.24) is 5.32 Å². The molecule has 2 rings (SSSR count). The van der Waals surface area contributed by atoms with Gasteiger partial charge in [0.1, 0.15) is 0 Å². The molecule has 1 amide bonds. The molecule has 0 radical (unpaired) electrons. The summed E-state index contributed by atoms with van der Waals surface area (Å²) in [5.74, 6) is -0.247. The van der Waals surface area contributed by atoms with Crippen LogP contribution >= 0.6 is 0 Å². The number of hydrogen-bond acceptors (Lipinski definition) is 2. The number of amides is 1. The normalized spacial score (nSPS) is 17.4. The molecule has 0 unspecified atom stereocenters. The van der Waals surface area contributed by atoms with Gasteiger partial charge < -0.3 is 11.1 Å². The van der Waals surface area contributed by atoms with E-state index in [-0.39, 0.29) is 24.6 Å². The van der Waals surface area contributed by atoms with Crippen LogP contribution in [-0.2, 0) is 17.5 Å². The summed E-state index contributed by atoms with van der Waals surface area (Å²) in [5.41, 5.74) is 4.38. The molecule has 1 aliphatic rings. The second-order valence-corrected chi connectivity index (χ2v) is 5.18. The summed E-state index contributed by atoms with van der Waals surface area (Å²) >= 11 is 0. The molecule has 0 bridgehead atoms. The maximum atomic E-state index is 12.8. The van der Waals surface area contributed by atoms with Gasteiger partial charge in [-0.2, -0.15) is 13.2 Å². The molecule has 0 atom stereocenters. The van der Waals surface area contributed by atoms with Crippen molar-refractivity contribution in [2.24, 2.45) is 11.1 Å². The average molecular weight is 286 g/mol. The highest BCUT2D eigenvalue weighted by Gasteiger charge is 2.42. The molecule has 3 N–H and O–H groups in total. The maximum Gasteiger partial charge on any atom is 0.416 e. The molecule has 6 heteroatoms. The van der Waals surface area contributed by atoms with Crippen molar-refractivity contribution in [3.05, 3.63) is 35.4 Å². The lowest BCUT2D eigenvalue weighted by Gasteiger charge is -2.39. The van der Waals surface area contributed by atoms with Gasteiger partial charge in [-0.05, 0) is 24.5 Å². The largest absolute Gasteiger partial charge is 0.416 e. The molecular weight excluding hydrogens is 269 g/mol. The molecule has 1 saturated carbocycles. The Balaban J connectivity index is 2.06. The van der Waals surface area contributed by atoms with Crippen LogP contribution in [0.4, 0.5) is 13.2 Å². The van der Waals surface area contributed by atoms with Crippen LogP contribution in [0.15, 0.2) is 24.3 Å². The number of halogens is 3. The standard InChI is InChI=1S/C14H17F3N2O/c15-14(16,17)11-5-2-1-4-10(11)8-19-12(20)13(9-18)6-3-7-13/h1-2,4-5H,3,6-9,18H2,(H,19,20). The zero-order chi connectivity index (χ0) is 14.8. The van der Waals surface area contributed by atoms with Crippen LogP contribution in [0.3, 0.4) is 0 Å². The molecule has 1 aromatic carbocycles. The van der Waals surface area contributed by atoms with Gasteiger partial charge in [0.05, 0.1) is 11.0 Å². The van der Waals surface area contributed by atoms with E-state index in [1.54, 1.807) is 0 Å². The summed E-state index contributed by atoms with van der Waals surface area (Å²) in [6.07, 6.45) is -2.07. The van der Waals surface area contributed by atoms with Crippen molar-refractivity contribution < 1.29 is 18.0 Å². The van der Waals surface area contributed by atoms with E-state index < -0.39 is 17.2 Å². The van der Waals surface area contributed by atoms with Crippen LogP contribution in [0.2, 0.25) is 0 Å². The maximum absolute atomic E-state index is 12.8. The number of benzene rings is 1. The monoisotopic (exact) mass is 286 g/mol. The van der Waals surface area contributed by atoms with E-state index >= 15 is 0 Å². The molecule has 0 aliphatic heterocycles. The topological polar surface area (TPSA) is 55.1 Å². The van der Waals surface area contributed by atoms with Gasteiger partial charge in [-0.1, -0.05) is 24.6 Å². The lowest BCUT2D eigenvalue weighted by atomic mass is 9.68. The lowest BCUT2D eigenvalue weighted by Crippen LogP contribution is -2.50. The Morgan fingerprint density at radius 2 is 1.95 bits per heavy atom. The summed E-state index contributed by atoms with van der Waals surface area (Å²) in [6, 6.07) is 5.25. The van der Waals surface area contributed by atoms with Crippen LogP contribution < -0.4 is 11.1 Å². The van der Waals surface area contributed by atoms with Gasteiger partial charge in [-0.3, -0.25) is 4.79 Å². The zero-order valence-corrected chi connectivity index (χ0v) is 11.0. The van der Waals surface area contributed by atoms with Crippen molar-refractivity contribution >= 4 is 5.91 Å². The summed E-state index contributed by atoms with van der Waals surface area (Å²) < 4.78 is 38.5. The molecule has 3 nitrogen and oxygen atoms in total. The number of alkyl halides is 3. The Bertz CT molecular complexity index is 490. The van der Waals surface area contributed by atoms with Crippen LogP contribution in [0.5, 0.6) is 0 Å². The summed E-state index contributed by atoms with van der Waals surface area (Å²) in [6.45, 7) is 0.107. The second kappa shape index (κ2) is 5.44. The van der Waals surface area contributed by atoms with E-state index in [0.29, 0.717) is 12.8 Å². The summed E-state index contributed by atoms with van der Waals surface area (Å²) in [4.78, 5) is 12.0. The molecular formula is C14H17F3N2O. The van der Waals surface area contributed by atoms with Crippen molar-refractivity contribution in [2.45, 2.75) is 32.0 Å². The Hall–Kier alpha value is -1.56. The number of hydrogen-bond donors (Lipinski definition) is 2. The van der Waals surface area contributed by atoms with Crippen molar-refractivity contribution in [2.75, 3.05) is 6.54 Å². The van der Waals surface area contributed by atoms with Crippen LogP contribution in [0.25, 0.3) is 0 Å². The minimum absolute atomic E-state index is 0.0693. The van der Waals surface area contributed by atoms with Crippen molar-refractivity contribution in [3.8, 4) is 0 Å². The minimum atomic E-state index is -4.41. The third kappa shape index (κ3) is 2.80. The Kier molecular flexibility index (Phi) is 4.04. The van der Waals surface area contributed by atoms with Crippen molar-refractivity contribution in [1.29, 1.82) is 0 Å². The Labute approximate surface area is 115 Å². The van der Waals surface area contributed by atoms with Gasteiger partial charge in [0.25, 0.3) is 0 Å². The van der Waals surface area contributed by atoms with E-state index in [1.165, 1.54) is 18.2 Å². The molecule has 1 aliphatic carbocycles. The fourth-order valence-corrected chi connectivity index (χ4v) is 2.44. The van der Waals surface area contributed by atoms with Crippen LogP contribution in [0.1, 0.15) is 30.4 Å². The second-order valence-electron chi connectivity index (χ2n) is 5.18. The molecule has 1 fully saturated rings. The van der Waals surface area contributed by atoms with E-state index in [2.05, 4.69) is 5.32 Å². The molecule has 110 valence electrons. The fourth-order valence-electron chi connectivity index (χ4n) is 2.44. The Morgan fingerprint density at radius 3 is 2.45 bits per heavy atom. The van der Waals surface area contributed by atoms with E-state index in [1.807, 2.05) is 0 Å². The van der Waals surface area contributed by atoms with Gasteiger partial charge >= 0.3 is 6.18 Å². The van der Waals surface area contributed by atoms with E-state index in [9.17, 15) is 18.0 Å². The van der Waals surface area contributed by atoms with Crippen LogP contribution in [0, 0.1) is 5.41 Å². The predicted octanol–water partition coefficient (Wildman–Crippen LogP) is 2.45. The number of nitrogens with one attached hydrogen (secondary N) is 1. The number of carbonyl (C=O) groups is 1. The van der Waals surface area contributed by atoms with Crippen molar-refractivity contribution in [3.63, 3.8) is 0 Å². The molecule has 1 aromatic rings. The number of rotatable bonds is 4. The molecule has 0 saturated heterocycles. The first-order valence-electron chi connectivity index (χ1n) is 6.52. The van der Waals surface area contributed by atoms with Gasteiger partial charge in [-0.25, -0.2) is 0 Å². The highest BCUT2D eigenvalue weighted by atomic mass is 19.4. The lowest BCUT2D eigenvalue weighted by molar-refractivity contribution is -0.139. The number of nitrogens with two attached hydrogens (primary N) is 1. The molecule has 0 spiro atoms. The first kappa shape index (κ1) is 14.8. The number of carbonyl (C=O) groups excluding carboxylic acids is 1. The SMILES string of the molecule is NCC1(C(=O)NCc2ccccc2C(F)(F)F)CCC1. The molecule has 20 heavy (non-hydrogen) atoms. The average Bonchev–Trinajstić information content (AvgIpc) is 2.35. The van der Waals surface area contributed by atoms with Gasteiger partial charge in [0, 0.05) is 13.1 Å². The molecule has 0 aromatic heterocycles. The highest BCUT2D eigenvalue weighted by Crippen LogP contribution is 2.40. The minimum Gasteiger partial charge on any atom is -0.351 e. The van der Waals surface area contributed by atoms with Gasteiger partial charge in [-0.15, -0.1) is 0 Å². The van der Waals surface area contributed by atoms with Crippen LogP contribution in [-0.4, -0.2) is 12.5 Å². The Morgan fingerprint density at radius 1 is 1.30 bits per heavy atom. The van der Waals surface area contributed by atoms with Gasteiger partial charge in [0.2, 0.25) is 5.91 Å². The zero-order valence-electron chi connectivity index (χ0n) is 11.0. The third-order valence-corrected chi connectivity index (χ3v) is 3.95. The fraction of sp³-hybridized carbons (Fsp3) is 0.500. The predicted molar refractivity (Wildman–Crippen MR) is 68.6 cm³/mol. The highest BCUT2D eigenvalue weighted by molar-refractivity contribution is 5.83. The summed E-state index contributed by atoms with van der Waals surface area (Å²) in [5, 5.41) is 2.59. The van der Waals surface area contributed by atoms with Gasteiger partial charge in [0.15, 0.2) is 0 Å². The molecule has 0 heterocycles.